The first-order valence-corrected chi connectivity index (χ1v) is 9.14. The van der Waals surface area contributed by atoms with Gasteiger partial charge in [0.05, 0.1) is 15.8 Å². The van der Waals surface area contributed by atoms with E-state index >= 15 is 0 Å². The van der Waals surface area contributed by atoms with Gasteiger partial charge >= 0.3 is 0 Å². The van der Waals surface area contributed by atoms with E-state index in [4.69, 9.17) is 4.74 Å². The Kier molecular flexibility index (Phi) is 3.58. The zero-order valence-electron chi connectivity index (χ0n) is 12.0. The van der Waals surface area contributed by atoms with Crippen molar-refractivity contribution in [3.8, 4) is 5.75 Å². The number of nitrogens with zero attached hydrogens (tertiary/aromatic N) is 2. The van der Waals surface area contributed by atoms with E-state index in [0.717, 1.165) is 35.9 Å². The third kappa shape index (κ3) is 2.61. The van der Waals surface area contributed by atoms with Gasteiger partial charge in [-0.25, -0.2) is 0 Å². The molecule has 0 aliphatic carbocycles. The van der Waals surface area contributed by atoms with Crippen LogP contribution in [0.25, 0.3) is 0 Å². The number of hydrogen-bond acceptors (Lipinski definition) is 5. The molecule has 0 aromatic carbocycles. The second kappa shape index (κ2) is 5.59. The summed E-state index contributed by atoms with van der Waals surface area (Å²) < 4.78 is 6.18. The van der Waals surface area contributed by atoms with Gasteiger partial charge in [0.15, 0.2) is 0 Å². The summed E-state index contributed by atoms with van der Waals surface area (Å²) in [7, 11) is 0. The van der Waals surface area contributed by atoms with Crippen LogP contribution in [-0.4, -0.2) is 45.5 Å². The van der Waals surface area contributed by atoms with Gasteiger partial charge in [0, 0.05) is 31.5 Å². The lowest BCUT2D eigenvalue weighted by Gasteiger charge is -2.47. The molecule has 2 fully saturated rings. The van der Waals surface area contributed by atoms with E-state index in [1.54, 1.807) is 12.4 Å². The number of carbonyl (C=O) groups excluding carboxylic acids is 1. The second-order valence-electron chi connectivity index (χ2n) is 5.77. The van der Waals surface area contributed by atoms with Crippen LogP contribution in [0.4, 0.5) is 0 Å². The maximum absolute atomic E-state index is 12.3. The summed E-state index contributed by atoms with van der Waals surface area (Å²) >= 11 is 3.45. The third-order valence-corrected chi connectivity index (χ3v) is 6.52. The molecule has 1 spiro atoms. The van der Waals surface area contributed by atoms with Crippen LogP contribution < -0.4 is 4.74 Å². The van der Waals surface area contributed by atoms with Crippen molar-refractivity contribution in [2.24, 2.45) is 0 Å². The fourth-order valence-corrected chi connectivity index (χ4v) is 5.27. The van der Waals surface area contributed by atoms with Crippen LogP contribution >= 0.6 is 23.1 Å². The van der Waals surface area contributed by atoms with Crippen LogP contribution in [0.15, 0.2) is 42.0 Å². The lowest BCUT2D eigenvalue weighted by Crippen LogP contribution is -2.60. The van der Waals surface area contributed by atoms with Crippen molar-refractivity contribution in [1.29, 1.82) is 0 Å². The van der Waals surface area contributed by atoms with Crippen molar-refractivity contribution in [1.82, 2.24) is 9.88 Å². The standard InChI is InChI=1S/C16H16N2O2S2/c19-15(14-4-2-6-21-14)18-10-16(11-18)7-13(9-22-16)20-12-3-1-5-17-8-12/h1-6,8,13H,7,9-11H2/t13-/m1/s1. The molecule has 2 aliphatic heterocycles. The Balaban J connectivity index is 1.33. The van der Waals surface area contributed by atoms with E-state index in [1.165, 1.54) is 11.3 Å². The first-order chi connectivity index (χ1) is 10.7. The molecule has 2 aliphatic rings. The highest BCUT2D eigenvalue weighted by atomic mass is 32.2. The Labute approximate surface area is 137 Å². The molecule has 0 radical (unpaired) electrons. The highest BCUT2D eigenvalue weighted by Crippen LogP contribution is 2.46. The van der Waals surface area contributed by atoms with Crippen LogP contribution in [0.5, 0.6) is 5.75 Å². The number of ether oxygens (including phenoxy) is 1. The Bertz CT molecular complexity index is 654. The monoisotopic (exact) mass is 332 g/mol. The van der Waals surface area contributed by atoms with Crippen LogP contribution in [0, 0.1) is 0 Å². The van der Waals surface area contributed by atoms with E-state index in [2.05, 4.69) is 4.98 Å². The van der Waals surface area contributed by atoms with Gasteiger partial charge in [-0.1, -0.05) is 6.07 Å². The topological polar surface area (TPSA) is 42.4 Å². The fourth-order valence-electron chi connectivity index (χ4n) is 3.06. The predicted octanol–water partition coefficient (Wildman–Crippen LogP) is 2.92. The van der Waals surface area contributed by atoms with Gasteiger partial charge in [-0.2, -0.15) is 0 Å². The third-order valence-electron chi connectivity index (χ3n) is 4.09. The molecule has 22 heavy (non-hydrogen) atoms. The number of amides is 1. The molecule has 1 amide bonds. The Morgan fingerprint density at radius 1 is 1.36 bits per heavy atom. The number of likely N-dealkylation sites (tertiary alicyclic amines) is 1. The predicted molar refractivity (Wildman–Crippen MR) is 88.7 cm³/mol. The van der Waals surface area contributed by atoms with Crippen LogP contribution in [0.3, 0.4) is 0 Å². The minimum atomic E-state index is 0.165. The summed E-state index contributed by atoms with van der Waals surface area (Å²) in [5, 5.41) is 1.95. The van der Waals surface area contributed by atoms with Crippen molar-refractivity contribution < 1.29 is 9.53 Å². The lowest BCUT2D eigenvalue weighted by molar-refractivity contribution is 0.0523. The average Bonchev–Trinajstić information content (AvgIpc) is 3.16. The number of aromatic nitrogens is 1. The molecule has 4 rings (SSSR count). The molecule has 0 bridgehead atoms. The van der Waals surface area contributed by atoms with Crippen molar-refractivity contribution in [2.45, 2.75) is 17.3 Å². The first kappa shape index (κ1) is 14.1. The van der Waals surface area contributed by atoms with E-state index in [9.17, 15) is 4.79 Å². The highest BCUT2D eigenvalue weighted by molar-refractivity contribution is 8.01. The summed E-state index contributed by atoms with van der Waals surface area (Å²) in [5.74, 6) is 1.98. The first-order valence-electron chi connectivity index (χ1n) is 7.28. The molecule has 1 atom stereocenters. The molecule has 4 heterocycles. The fraction of sp³-hybridized carbons (Fsp3) is 0.375. The molecule has 0 unspecified atom stereocenters. The lowest BCUT2D eigenvalue weighted by atomic mass is 9.92. The maximum atomic E-state index is 12.3. The number of pyridine rings is 1. The average molecular weight is 332 g/mol. The van der Waals surface area contributed by atoms with E-state index in [1.807, 2.05) is 46.3 Å². The molecular weight excluding hydrogens is 316 g/mol. The molecule has 6 heteroatoms. The minimum absolute atomic E-state index is 0.165. The molecule has 0 saturated carbocycles. The van der Waals surface area contributed by atoms with Gasteiger partial charge in [-0.15, -0.1) is 23.1 Å². The van der Waals surface area contributed by atoms with E-state index in [0.29, 0.717) is 0 Å². The summed E-state index contributed by atoms with van der Waals surface area (Å²) in [6.45, 7) is 1.67. The van der Waals surface area contributed by atoms with Gasteiger partial charge in [-0.05, 0) is 23.6 Å². The van der Waals surface area contributed by atoms with Crippen LogP contribution in [-0.2, 0) is 0 Å². The number of thiophene rings is 1. The summed E-state index contributed by atoms with van der Waals surface area (Å²) in [5.41, 5.74) is 0. The molecule has 2 aromatic rings. The smallest absolute Gasteiger partial charge is 0.264 e. The Morgan fingerprint density at radius 2 is 2.27 bits per heavy atom. The normalized spacial score (nSPS) is 22.5. The molecular formula is C16H16N2O2S2. The van der Waals surface area contributed by atoms with Gasteiger partial charge in [0.1, 0.15) is 11.9 Å². The van der Waals surface area contributed by atoms with Crippen molar-refractivity contribution >= 4 is 29.0 Å². The second-order valence-corrected chi connectivity index (χ2v) is 8.20. The minimum Gasteiger partial charge on any atom is -0.488 e. The van der Waals surface area contributed by atoms with Gasteiger partial charge in [-0.3, -0.25) is 9.78 Å². The molecule has 2 saturated heterocycles. The molecule has 114 valence electrons. The molecule has 2 aromatic heterocycles. The Hall–Kier alpha value is -1.53. The number of thioether (sulfide) groups is 1. The van der Waals surface area contributed by atoms with Crippen molar-refractivity contribution in [2.75, 3.05) is 18.8 Å². The van der Waals surface area contributed by atoms with Crippen molar-refractivity contribution in [3.63, 3.8) is 0 Å². The zero-order valence-corrected chi connectivity index (χ0v) is 13.6. The summed E-state index contributed by atoms with van der Waals surface area (Å²) in [4.78, 5) is 19.1. The molecule has 0 N–H and O–H groups in total. The van der Waals surface area contributed by atoms with Crippen LogP contribution in [0.1, 0.15) is 16.1 Å². The SMILES string of the molecule is O=C(c1cccs1)N1CC2(C[C@@H](Oc3cccnc3)CS2)C1. The molecule has 4 nitrogen and oxygen atoms in total. The highest BCUT2D eigenvalue weighted by Gasteiger charge is 2.51. The van der Waals surface area contributed by atoms with Gasteiger partial charge < -0.3 is 9.64 Å². The maximum Gasteiger partial charge on any atom is 0.264 e. The van der Waals surface area contributed by atoms with Gasteiger partial charge in [0.2, 0.25) is 0 Å². The van der Waals surface area contributed by atoms with Gasteiger partial charge in [0.25, 0.3) is 5.91 Å². The van der Waals surface area contributed by atoms with Crippen molar-refractivity contribution in [3.05, 3.63) is 46.9 Å². The zero-order chi connectivity index (χ0) is 15.0. The number of rotatable bonds is 3. The summed E-state index contributed by atoms with van der Waals surface area (Å²) in [6.07, 6.45) is 4.72. The number of hydrogen-bond donors (Lipinski definition) is 0. The van der Waals surface area contributed by atoms with Crippen LogP contribution in [0.2, 0.25) is 0 Å². The Morgan fingerprint density at radius 3 is 3.00 bits per heavy atom. The van der Waals surface area contributed by atoms with E-state index < -0.39 is 0 Å². The van der Waals surface area contributed by atoms with E-state index in [-0.39, 0.29) is 16.8 Å². The quantitative estimate of drug-likeness (QED) is 0.867. The largest absolute Gasteiger partial charge is 0.488 e. The number of carbonyl (C=O) groups is 1. The summed E-state index contributed by atoms with van der Waals surface area (Å²) in [6, 6.07) is 7.65.